The summed E-state index contributed by atoms with van der Waals surface area (Å²) in [7, 11) is 0. The molecule has 4 heteroatoms. The molecule has 2 aromatic rings. The second kappa shape index (κ2) is 10.2. The Morgan fingerprint density at radius 1 is 0.885 bits per heavy atom. The van der Waals surface area contributed by atoms with E-state index in [-0.39, 0.29) is 0 Å². The Labute approximate surface area is 166 Å². The van der Waals surface area contributed by atoms with Gasteiger partial charge in [-0.25, -0.2) is 0 Å². The van der Waals surface area contributed by atoms with Crippen molar-refractivity contribution in [3.8, 4) is 5.75 Å². The monoisotopic (exact) mass is 392 g/mol. The van der Waals surface area contributed by atoms with Crippen LogP contribution in [-0.4, -0.2) is 6.04 Å². The second-order valence-corrected chi connectivity index (χ2v) is 8.02. The Balaban J connectivity index is 1.62. The number of rotatable bonds is 6. The van der Waals surface area contributed by atoms with Gasteiger partial charge in [-0.05, 0) is 49.9 Å². The molecule has 0 unspecified atom stereocenters. The van der Waals surface area contributed by atoms with Gasteiger partial charge >= 0.3 is 0 Å². The molecule has 0 aromatic heterocycles. The minimum atomic E-state index is 0.470. The summed E-state index contributed by atoms with van der Waals surface area (Å²) in [6, 6.07) is 14.4. The number of halogens is 2. The molecule has 0 atom stereocenters. The standard InChI is InChI=1S/C22H27Cl2NO/c23-19-12-13-22(26-16-17-8-6-7-11-21(17)24)18(14-19)15-25-20-9-4-2-1-3-5-10-20/h6-8,11-14,20,25H,1-5,9-10,15-16H2/p+1. The minimum Gasteiger partial charge on any atom is -0.488 e. The maximum atomic E-state index is 6.24. The van der Waals surface area contributed by atoms with Gasteiger partial charge in [0.15, 0.2) is 0 Å². The van der Waals surface area contributed by atoms with Gasteiger partial charge in [-0.15, -0.1) is 0 Å². The second-order valence-electron chi connectivity index (χ2n) is 7.18. The molecule has 1 aliphatic carbocycles. The van der Waals surface area contributed by atoms with Crippen LogP contribution in [0.3, 0.4) is 0 Å². The van der Waals surface area contributed by atoms with Gasteiger partial charge in [0.25, 0.3) is 0 Å². The molecular weight excluding hydrogens is 365 g/mol. The molecule has 140 valence electrons. The van der Waals surface area contributed by atoms with E-state index in [1.807, 2.05) is 42.5 Å². The van der Waals surface area contributed by atoms with Crippen LogP contribution in [0.4, 0.5) is 0 Å². The zero-order valence-corrected chi connectivity index (χ0v) is 16.7. The summed E-state index contributed by atoms with van der Waals surface area (Å²) in [5, 5.41) is 3.97. The smallest absolute Gasteiger partial charge is 0.128 e. The van der Waals surface area contributed by atoms with Crippen molar-refractivity contribution >= 4 is 23.2 Å². The molecule has 2 N–H and O–H groups in total. The molecule has 0 heterocycles. The fourth-order valence-corrected chi connectivity index (χ4v) is 4.02. The molecule has 2 nitrogen and oxygen atoms in total. The first-order valence-corrected chi connectivity index (χ1v) is 10.5. The third-order valence-corrected chi connectivity index (χ3v) is 5.79. The molecule has 0 aliphatic heterocycles. The van der Waals surface area contributed by atoms with Gasteiger partial charge in [0.2, 0.25) is 0 Å². The van der Waals surface area contributed by atoms with Crippen molar-refractivity contribution in [2.45, 2.75) is 64.1 Å². The van der Waals surface area contributed by atoms with Crippen molar-refractivity contribution in [3.63, 3.8) is 0 Å². The van der Waals surface area contributed by atoms with Gasteiger partial charge in [-0.1, -0.05) is 60.7 Å². The van der Waals surface area contributed by atoms with E-state index in [0.29, 0.717) is 12.6 Å². The van der Waals surface area contributed by atoms with E-state index < -0.39 is 0 Å². The lowest BCUT2D eigenvalue weighted by Crippen LogP contribution is -2.88. The highest BCUT2D eigenvalue weighted by atomic mass is 35.5. The predicted molar refractivity (Wildman–Crippen MR) is 109 cm³/mol. The zero-order chi connectivity index (χ0) is 18.2. The Kier molecular flexibility index (Phi) is 7.67. The molecule has 26 heavy (non-hydrogen) atoms. The Hall–Kier alpha value is -1.22. The molecule has 3 rings (SSSR count). The molecule has 0 spiro atoms. The zero-order valence-electron chi connectivity index (χ0n) is 15.2. The first-order valence-electron chi connectivity index (χ1n) is 9.70. The SMILES string of the molecule is Clc1ccc(OCc2ccccc2Cl)c(C[NH2+]C2CCCCCCC2)c1. The summed E-state index contributed by atoms with van der Waals surface area (Å²) < 4.78 is 6.08. The minimum absolute atomic E-state index is 0.470. The van der Waals surface area contributed by atoms with Gasteiger partial charge < -0.3 is 10.1 Å². The van der Waals surface area contributed by atoms with Crippen LogP contribution in [0, 0.1) is 0 Å². The Morgan fingerprint density at radius 3 is 2.38 bits per heavy atom. The van der Waals surface area contributed by atoms with Gasteiger partial charge in [0.05, 0.1) is 6.04 Å². The van der Waals surface area contributed by atoms with Crippen LogP contribution in [0.2, 0.25) is 10.0 Å². The van der Waals surface area contributed by atoms with E-state index in [1.165, 1.54) is 44.9 Å². The van der Waals surface area contributed by atoms with E-state index in [0.717, 1.165) is 33.5 Å². The summed E-state index contributed by atoms with van der Waals surface area (Å²) >= 11 is 12.5. The molecule has 1 saturated carbocycles. The third-order valence-electron chi connectivity index (χ3n) is 5.18. The highest BCUT2D eigenvalue weighted by molar-refractivity contribution is 6.31. The Morgan fingerprint density at radius 2 is 1.62 bits per heavy atom. The molecule has 2 aromatic carbocycles. The van der Waals surface area contributed by atoms with E-state index in [1.54, 1.807) is 0 Å². The van der Waals surface area contributed by atoms with Crippen LogP contribution in [0.25, 0.3) is 0 Å². The van der Waals surface area contributed by atoms with Crippen LogP contribution in [0.1, 0.15) is 56.1 Å². The lowest BCUT2D eigenvalue weighted by atomic mass is 9.96. The largest absolute Gasteiger partial charge is 0.488 e. The van der Waals surface area contributed by atoms with E-state index in [9.17, 15) is 0 Å². The highest BCUT2D eigenvalue weighted by Gasteiger charge is 2.16. The molecular formula is C22H28Cl2NO+. The average Bonchev–Trinajstić information content (AvgIpc) is 2.61. The predicted octanol–water partition coefficient (Wildman–Crippen LogP) is 5.75. The van der Waals surface area contributed by atoms with E-state index in [2.05, 4.69) is 5.32 Å². The number of ether oxygens (including phenoxy) is 1. The van der Waals surface area contributed by atoms with Gasteiger partial charge in [0, 0.05) is 21.2 Å². The topological polar surface area (TPSA) is 25.8 Å². The number of quaternary nitrogens is 1. The van der Waals surface area contributed by atoms with Crippen LogP contribution in [0.15, 0.2) is 42.5 Å². The normalized spacial score (nSPS) is 16.1. The molecule has 0 saturated heterocycles. The number of hydrogen-bond donors (Lipinski definition) is 1. The summed E-state index contributed by atoms with van der Waals surface area (Å²) in [6.45, 7) is 1.38. The first-order chi connectivity index (χ1) is 12.7. The van der Waals surface area contributed by atoms with Crippen molar-refractivity contribution in [2.24, 2.45) is 0 Å². The van der Waals surface area contributed by atoms with Gasteiger partial charge in [-0.3, -0.25) is 0 Å². The maximum absolute atomic E-state index is 6.24. The highest BCUT2D eigenvalue weighted by Crippen LogP contribution is 2.25. The van der Waals surface area contributed by atoms with Crippen LogP contribution in [0.5, 0.6) is 5.75 Å². The maximum Gasteiger partial charge on any atom is 0.128 e. The van der Waals surface area contributed by atoms with E-state index in [4.69, 9.17) is 27.9 Å². The first kappa shape index (κ1) is 19.5. The van der Waals surface area contributed by atoms with Gasteiger partial charge in [0.1, 0.15) is 18.9 Å². The third kappa shape index (κ3) is 5.90. The summed E-state index contributed by atoms with van der Waals surface area (Å²) in [6.07, 6.45) is 9.51. The molecule has 0 bridgehead atoms. The van der Waals surface area contributed by atoms with Crippen LogP contribution < -0.4 is 10.1 Å². The molecule has 0 amide bonds. The lowest BCUT2D eigenvalue weighted by molar-refractivity contribution is -0.706. The van der Waals surface area contributed by atoms with E-state index >= 15 is 0 Å². The van der Waals surface area contributed by atoms with Gasteiger partial charge in [-0.2, -0.15) is 0 Å². The molecule has 1 aliphatic rings. The van der Waals surface area contributed by atoms with Crippen LogP contribution >= 0.6 is 23.2 Å². The number of benzene rings is 2. The fraction of sp³-hybridized carbons (Fsp3) is 0.455. The summed E-state index contributed by atoms with van der Waals surface area (Å²) in [5.74, 6) is 0.899. The van der Waals surface area contributed by atoms with Crippen molar-refractivity contribution in [2.75, 3.05) is 0 Å². The fourth-order valence-electron chi connectivity index (χ4n) is 3.64. The average molecular weight is 393 g/mol. The summed E-state index contributed by atoms with van der Waals surface area (Å²) in [5.41, 5.74) is 2.16. The lowest BCUT2D eigenvalue weighted by Gasteiger charge is -2.19. The van der Waals surface area contributed by atoms with Crippen molar-refractivity contribution < 1.29 is 10.1 Å². The quantitative estimate of drug-likeness (QED) is 0.665. The van der Waals surface area contributed by atoms with Crippen molar-refractivity contribution in [3.05, 3.63) is 63.6 Å². The Bertz CT molecular complexity index is 696. The molecule has 1 fully saturated rings. The van der Waals surface area contributed by atoms with Crippen molar-refractivity contribution in [1.29, 1.82) is 0 Å². The molecule has 0 radical (unpaired) electrons. The number of nitrogens with two attached hydrogens (primary N) is 1. The van der Waals surface area contributed by atoms with Crippen LogP contribution in [-0.2, 0) is 13.2 Å². The number of hydrogen-bond acceptors (Lipinski definition) is 1. The van der Waals surface area contributed by atoms with Crippen molar-refractivity contribution in [1.82, 2.24) is 0 Å². The summed E-state index contributed by atoms with van der Waals surface area (Å²) in [4.78, 5) is 0.